The van der Waals surface area contributed by atoms with Gasteiger partial charge in [0.15, 0.2) is 0 Å². The molecule has 0 saturated heterocycles. The molecule has 2 heteroatoms. The average molecular weight is 258 g/mol. The molecular weight excluding hydrogens is 232 g/mol. The summed E-state index contributed by atoms with van der Waals surface area (Å²) in [6, 6.07) is 11.1. The number of rotatable bonds is 5. The molecule has 0 radical (unpaired) electrons. The van der Waals surface area contributed by atoms with Crippen LogP contribution in [0.5, 0.6) is 0 Å². The molecule has 0 bridgehead atoms. The monoisotopic (exact) mass is 258 g/mol. The maximum atomic E-state index is 3.78. The first-order chi connectivity index (χ1) is 9.24. The molecule has 1 saturated carbocycles. The Labute approximate surface area is 117 Å². The number of likely N-dealkylation sites (N-methyl/N-ethyl adjacent to an activating group) is 1. The van der Waals surface area contributed by atoms with E-state index >= 15 is 0 Å². The number of nitrogens with zero attached hydrogens (tertiary/aromatic N) is 1. The van der Waals surface area contributed by atoms with Crippen molar-refractivity contribution in [1.82, 2.24) is 10.2 Å². The number of benzene rings is 1. The van der Waals surface area contributed by atoms with Crippen LogP contribution in [0.15, 0.2) is 24.3 Å². The summed E-state index contributed by atoms with van der Waals surface area (Å²) in [5.41, 5.74) is 3.11. The zero-order valence-corrected chi connectivity index (χ0v) is 12.2. The van der Waals surface area contributed by atoms with Gasteiger partial charge >= 0.3 is 0 Å². The quantitative estimate of drug-likeness (QED) is 0.873. The maximum Gasteiger partial charge on any atom is 0.0192 e. The lowest BCUT2D eigenvalue weighted by atomic mass is 9.88. The summed E-state index contributed by atoms with van der Waals surface area (Å²) >= 11 is 0. The van der Waals surface area contributed by atoms with Gasteiger partial charge in [0.05, 0.1) is 0 Å². The van der Waals surface area contributed by atoms with E-state index in [9.17, 15) is 0 Å². The van der Waals surface area contributed by atoms with E-state index in [-0.39, 0.29) is 0 Å². The van der Waals surface area contributed by atoms with Crippen molar-refractivity contribution >= 4 is 0 Å². The fourth-order valence-corrected chi connectivity index (χ4v) is 3.19. The molecule has 1 aromatic carbocycles. The highest BCUT2D eigenvalue weighted by Crippen LogP contribution is 2.27. The fraction of sp³-hybridized carbons (Fsp3) is 0.647. The van der Waals surface area contributed by atoms with Gasteiger partial charge in [-0.05, 0) is 57.2 Å². The molecule has 1 N–H and O–H groups in total. The van der Waals surface area contributed by atoms with E-state index in [1.807, 2.05) is 0 Å². The highest BCUT2D eigenvalue weighted by atomic mass is 15.2. The van der Waals surface area contributed by atoms with Gasteiger partial charge in [0.2, 0.25) is 0 Å². The molecule has 2 unspecified atom stereocenters. The smallest absolute Gasteiger partial charge is 0.0192 e. The van der Waals surface area contributed by atoms with Gasteiger partial charge in [-0.2, -0.15) is 0 Å². The summed E-state index contributed by atoms with van der Waals surface area (Å²) in [6.07, 6.45) is 6.53. The molecule has 0 heterocycles. The van der Waals surface area contributed by atoms with Gasteiger partial charge in [0.25, 0.3) is 0 Å². The van der Waals surface area contributed by atoms with Crippen LogP contribution in [0.3, 0.4) is 0 Å². The first-order valence-electron chi connectivity index (χ1n) is 7.76. The van der Waals surface area contributed by atoms with Gasteiger partial charge in [-0.15, -0.1) is 0 Å². The topological polar surface area (TPSA) is 15.3 Å². The van der Waals surface area contributed by atoms with Gasteiger partial charge in [-0.1, -0.05) is 24.3 Å². The Morgan fingerprint density at radius 2 is 1.95 bits per heavy atom. The Morgan fingerprint density at radius 3 is 2.68 bits per heavy atom. The third-order valence-corrected chi connectivity index (χ3v) is 4.87. The summed E-state index contributed by atoms with van der Waals surface area (Å²) in [5, 5.41) is 3.78. The molecule has 0 amide bonds. The number of aryl methyl sites for hydroxylation is 1. The molecule has 0 spiro atoms. The second-order valence-electron chi connectivity index (χ2n) is 6.36. The second kappa shape index (κ2) is 5.64. The molecule has 3 rings (SSSR count). The zero-order valence-electron chi connectivity index (χ0n) is 12.2. The van der Waals surface area contributed by atoms with Crippen molar-refractivity contribution < 1.29 is 0 Å². The van der Waals surface area contributed by atoms with Crippen molar-refractivity contribution in [3.8, 4) is 0 Å². The van der Waals surface area contributed by atoms with E-state index in [2.05, 4.69) is 48.5 Å². The second-order valence-corrected chi connectivity index (χ2v) is 6.36. The van der Waals surface area contributed by atoms with Crippen LogP contribution in [0.1, 0.15) is 37.3 Å². The summed E-state index contributed by atoms with van der Waals surface area (Å²) in [7, 11) is 2.28. The van der Waals surface area contributed by atoms with Gasteiger partial charge in [-0.3, -0.25) is 4.90 Å². The van der Waals surface area contributed by atoms with E-state index in [0.29, 0.717) is 12.1 Å². The van der Waals surface area contributed by atoms with Crippen LogP contribution in [-0.2, 0) is 12.8 Å². The molecule has 1 fully saturated rings. The summed E-state index contributed by atoms with van der Waals surface area (Å²) < 4.78 is 0. The summed E-state index contributed by atoms with van der Waals surface area (Å²) in [5.74, 6) is 0. The number of hydrogen-bond donors (Lipinski definition) is 1. The Balaban J connectivity index is 1.49. The number of nitrogens with one attached hydrogen (secondary N) is 1. The molecular formula is C17H26N2. The van der Waals surface area contributed by atoms with Gasteiger partial charge in [0.1, 0.15) is 0 Å². The lowest BCUT2D eigenvalue weighted by Gasteiger charge is -2.30. The number of hydrogen-bond acceptors (Lipinski definition) is 2. The van der Waals surface area contributed by atoms with Crippen LogP contribution >= 0.6 is 0 Å². The number of fused-ring (bicyclic) bond motifs is 1. The van der Waals surface area contributed by atoms with Gasteiger partial charge < -0.3 is 5.32 Å². The van der Waals surface area contributed by atoms with Crippen molar-refractivity contribution in [3.05, 3.63) is 35.4 Å². The van der Waals surface area contributed by atoms with Gasteiger partial charge in [0, 0.05) is 24.7 Å². The van der Waals surface area contributed by atoms with Crippen molar-refractivity contribution in [2.24, 2.45) is 0 Å². The van der Waals surface area contributed by atoms with Gasteiger partial charge in [-0.25, -0.2) is 0 Å². The van der Waals surface area contributed by atoms with Crippen LogP contribution in [0, 0.1) is 0 Å². The predicted molar refractivity (Wildman–Crippen MR) is 80.5 cm³/mol. The van der Waals surface area contributed by atoms with Crippen molar-refractivity contribution in [3.63, 3.8) is 0 Å². The normalized spacial score (nSPS) is 24.3. The molecule has 2 aliphatic rings. The molecule has 19 heavy (non-hydrogen) atoms. The molecule has 1 aromatic rings. The Morgan fingerprint density at radius 1 is 1.21 bits per heavy atom. The lowest BCUT2D eigenvalue weighted by Crippen LogP contribution is -2.44. The molecule has 2 nitrogen and oxygen atoms in total. The minimum Gasteiger partial charge on any atom is -0.312 e. The van der Waals surface area contributed by atoms with Crippen LogP contribution in [-0.4, -0.2) is 36.6 Å². The third-order valence-electron chi connectivity index (χ3n) is 4.87. The first kappa shape index (κ1) is 13.1. The molecule has 2 atom stereocenters. The van der Waals surface area contributed by atoms with E-state index in [1.54, 1.807) is 11.1 Å². The Hall–Kier alpha value is -0.860. The maximum absolute atomic E-state index is 3.78. The molecule has 104 valence electrons. The molecule has 0 aliphatic heterocycles. The molecule has 2 aliphatic carbocycles. The minimum atomic E-state index is 0.657. The molecule has 0 aromatic heterocycles. The average Bonchev–Trinajstić information content (AvgIpc) is 3.28. The Bertz CT molecular complexity index is 425. The van der Waals surface area contributed by atoms with Crippen LogP contribution in [0.25, 0.3) is 0 Å². The van der Waals surface area contributed by atoms with E-state index < -0.39 is 0 Å². The SMILES string of the molecule is CC(CNC1CCc2ccccc2C1)N(C)C1CC1. The van der Waals surface area contributed by atoms with Crippen molar-refractivity contribution in [1.29, 1.82) is 0 Å². The van der Waals surface area contributed by atoms with Crippen molar-refractivity contribution in [2.45, 2.75) is 57.2 Å². The van der Waals surface area contributed by atoms with E-state index in [1.165, 1.54) is 32.1 Å². The van der Waals surface area contributed by atoms with Crippen LogP contribution < -0.4 is 5.32 Å². The largest absolute Gasteiger partial charge is 0.312 e. The third kappa shape index (κ3) is 3.18. The highest BCUT2D eigenvalue weighted by Gasteiger charge is 2.29. The fourth-order valence-electron chi connectivity index (χ4n) is 3.19. The standard InChI is InChI=1S/C17H26N2/c1-13(19(2)17-9-10-17)12-18-16-8-7-14-5-3-4-6-15(14)11-16/h3-6,13,16-18H,7-12H2,1-2H3. The van der Waals surface area contributed by atoms with E-state index in [0.717, 1.165) is 12.6 Å². The van der Waals surface area contributed by atoms with Crippen molar-refractivity contribution in [2.75, 3.05) is 13.6 Å². The summed E-state index contributed by atoms with van der Waals surface area (Å²) in [6.45, 7) is 3.47. The summed E-state index contributed by atoms with van der Waals surface area (Å²) in [4.78, 5) is 2.55. The highest BCUT2D eigenvalue weighted by molar-refractivity contribution is 5.30. The van der Waals surface area contributed by atoms with Crippen LogP contribution in [0.2, 0.25) is 0 Å². The Kier molecular flexibility index (Phi) is 3.90. The zero-order chi connectivity index (χ0) is 13.2. The van der Waals surface area contributed by atoms with E-state index in [4.69, 9.17) is 0 Å². The first-order valence-corrected chi connectivity index (χ1v) is 7.76. The lowest BCUT2D eigenvalue weighted by molar-refractivity contribution is 0.233. The van der Waals surface area contributed by atoms with Crippen LogP contribution in [0.4, 0.5) is 0 Å². The predicted octanol–water partition coefficient (Wildman–Crippen LogP) is 2.62. The minimum absolute atomic E-state index is 0.657.